The molecule has 0 fully saturated rings. The number of aromatic nitrogens is 1. The van der Waals surface area contributed by atoms with Crippen molar-refractivity contribution in [1.82, 2.24) is 9.88 Å². The zero-order chi connectivity index (χ0) is 18.1. The van der Waals surface area contributed by atoms with Crippen molar-refractivity contribution < 1.29 is 9.18 Å². The van der Waals surface area contributed by atoms with Gasteiger partial charge in [0.2, 0.25) is 5.91 Å². The molecule has 2 aromatic carbocycles. The molecule has 1 aliphatic heterocycles. The summed E-state index contributed by atoms with van der Waals surface area (Å²) in [6, 6.07) is 12.8. The Morgan fingerprint density at radius 3 is 2.85 bits per heavy atom. The lowest BCUT2D eigenvalue weighted by Crippen LogP contribution is -2.35. The number of fused-ring (bicyclic) bond motifs is 1. The van der Waals surface area contributed by atoms with E-state index in [0.717, 1.165) is 34.0 Å². The summed E-state index contributed by atoms with van der Waals surface area (Å²) in [5.41, 5.74) is 5.36. The van der Waals surface area contributed by atoms with Crippen LogP contribution in [0.15, 0.2) is 54.7 Å². The lowest BCUT2D eigenvalue weighted by atomic mass is 9.98. The van der Waals surface area contributed by atoms with Crippen molar-refractivity contribution in [3.63, 3.8) is 0 Å². The first-order valence-electron chi connectivity index (χ1n) is 8.90. The van der Waals surface area contributed by atoms with E-state index in [1.165, 1.54) is 17.7 Å². The summed E-state index contributed by atoms with van der Waals surface area (Å²) in [4.78, 5) is 17.7. The van der Waals surface area contributed by atoms with Crippen LogP contribution in [-0.2, 0) is 11.2 Å². The maximum atomic E-state index is 13.4. The molecule has 3 aromatic rings. The molecule has 0 saturated carbocycles. The zero-order valence-corrected chi connectivity index (χ0v) is 14.8. The van der Waals surface area contributed by atoms with Crippen LogP contribution in [-0.4, -0.2) is 28.9 Å². The summed E-state index contributed by atoms with van der Waals surface area (Å²) in [5, 5.41) is 1.03. The molecule has 132 valence electrons. The molecule has 0 radical (unpaired) electrons. The van der Waals surface area contributed by atoms with E-state index in [1.54, 1.807) is 0 Å². The van der Waals surface area contributed by atoms with Gasteiger partial charge in [0.25, 0.3) is 0 Å². The van der Waals surface area contributed by atoms with Crippen LogP contribution < -0.4 is 0 Å². The van der Waals surface area contributed by atoms with Crippen molar-refractivity contribution in [2.24, 2.45) is 0 Å². The molecule has 4 rings (SSSR count). The topological polar surface area (TPSA) is 36.1 Å². The quantitative estimate of drug-likeness (QED) is 0.745. The molecule has 0 saturated heterocycles. The number of amides is 1. The van der Waals surface area contributed by atoms with E-state index in [-0.39, 0.29) is 11.7 Å². The van der Waals surface area contributed by atoms with Crippen LogP contribution in [0.5, 0.6) is 0 Å². The van der Waals surface area contributed by atoms with Crippen molar-refractivity contribution in [2.45, 2.75) is 19.8 Å². The number of carbonyl (C=O) groups excluding carboxylic acids is 1. The molecule has 0 spiro atoms. The number of rotatable bonds is 3. The Morgan fingerprint density at radius 1 is 1.23 bits per heavy atom. The summed E-state index contributed by atoms with van der Waals surface area (Å²) in [6.45, 7) is 3.37. The van der Waals surface area contributed by atoms with Crippen molar-refractivity contribution in [2.75, 3.05) is 13.1 Å². The predicted molar refractivity (Wildman–Crippen MR) is 102 cm³/mol. The van der Waals surface area contributed by atoms with Crippen LogP contribution in [0.4, 0.5) is 4.39 Å². The zero-order valence-electron chi connectivity index (χ0n) is 14.8. The van der Waals surface area contributed by atoms with Gasteiger partial charge in [-0.05, 0) is 48.2 Å². The standard InChI is InChI=1S/C22H21FN2O/c1-15-4-2-3-5-17(15)12-22(26)25-10-8-16(9-11-25)20-14-24-21-13-18(23)6-7-19(20)21/h2-8,13-14,24H,9-12H2,1H3. The first-order chi connectivity index (χ1) is 12.6. The number of nitrogens with one attached hydrogen (secondary N) is 1. The fraction of sp³-hybridized carbons (Fsp3) is 0.227. The molecule has 3 nitrogen and oxygen atoms in total. The molecule has 1 aliphatic rings. The first-order valence-corrected chi connectivity index (χ1v) is 8.90. The smallest absolute Gasteiger partial charge is 0.227 e. The second-order valence-electron chi connectivity index (χ2n) is 6.81. The average molecular weight is 348 g/mol. The number of carbonyl (C=O) groups is 1. The molecule has 0 unspecified atom stereocenters. The van der Waals surface area contributed by atoms with E-state index in [2.05, 4.69) is 11.1 Å². The fourth-order valence-corrected chi connectivity index (χ4v) is 3.59. The first kappa shape index (κ1) is 16.6. The van der Waals surface area contributed by atoms with Crippen LogP contribution >= 0.6 is 0 Å². The Hall–Kier alpha value is -2.88. The van der Waals surface area contributed by atoms with Crippen molar-refractivity contribution in [3.8, 4) is 0 Å². The maximum Gasteiger partial charge on any atom is 0.227 e. The third-order valence-electron chi connectivity index (χ3n) is 5.15. The number of H-pyrrole nitrogens is 1. The Bertz CT molecular complexity index is 1000. The van der Waals surface area contributed by atoms with Gasteiger partial charge in [0, 0.05) is 35.8 Å². The van der Waals surface area contributed by atoms with Gasteiger partial charge in [0.15, 0.2) is 0 Å². The molecule has 2 heterocycles. The molecule has 1 amide bonds. The summed E-state index contributed by atoms with van der Waals surface area (Å²) < 4.78 is 13.4. The molecular weight excluding hydrogens is 327 g/mol. The minimum Gasteiger partial charge on any atom is -0.360 e. The highest BCUT2D eigenvalue weighted by atomic mass is 19.1. The SMILES string of the molecule is Cc1ccccc1CC(=O)N1CC=C(c2c[nH]c3cc(F)ccc23)CC1. The normalized spacial score (nSPS) is 14.5. The Balaban J connectivity index is 1.49. The third-order valence-corrected chi connectivity index (χ3v) is 5.15. The van der Waals surface area contributed by atoms with E-state index in [4.69, 9.17) is 0 Å². The highest BCUT2D eigenvalue weighted by Gasteiger charge is 2.20. The number of aryl methyl sites for hydroxylation is 1. The molecule has 26 heavy (non-hydrogen) atoms. The summed E-state index contributed by atoms with van der Waals surface area (Å²) >= 11 is 0. The van der Waals surface area contributed by atoms with Crippen LogP contribution in [0.1, 0.15) is 23.1 Å². The second kappa shape index (κ2) is 6.79. The summed E-state index contributed by atoms with van der Waals surface area (Å²) in [7, 11) is 0. The fourth-order valence-electron chi connectivity index (χ4n) is 3.59. The third kappa shape index (κ3) is 3.15. The number of nitrogens with zero attached hydrogens (tertiary/aromatic N) is 1. The second-order valence-corrected chi connectivity index (χ2v) is 6.81. The van der Waals surface area contributed by atoms with Crippen LogP contribution in [0.2, 0.25) is 0 Å². The highest BCUT2D eigenvalue weighted by molar-refractivity contribution is 5.93. The highest BCUT2D eigenvalue weighted by Crippen LogP contribution is 2.29. The van der Waals surface area contributed by atoms with Gasteiger partial charge in [-0.25, -0.2) is 4.39 Å². The van der Waals surface area contributed by atoms with Gasteiger partial charge in [-0.1, -0.05) is 30.3 Å². The number of benzene rings is 2. The van der Waals surface area contributed by atoms with E-state index in [0.29, 0.717) is 19.5 Å². The van der Waals surface area contributed by atoms with Gasteiger partial charge in [-0.3, -0.25) is 4.79 Å². The van der Waals surface area contributed by atoms with E-state index in [9.17, 15) is 9.18 Å². The number of aromatic amines is 1. The van der Waals surface area contributed by atoms with Gasteiger partial charge < -0.3 is 9.88 Å². The van der Waals surface area contributed by atoms with Crippen molar-refractivity contribution in [1.29, 1.82) is 0 Å². The lowest BCUT2D eigenvalue weighted by molar-refractivity contribution is -0.130. The van der Waals surface area contributed by atoms with Gasteiger partial charge in [0.1, 0.15) is 5.82 Å². The van der Waals surface area contributed by atoms with Gasteiger partial charge in [0.05, 0.1) is 6.42 Å². The number of hydrogen-bond donors (Lipinski definition) is 1. The molecule has 1 N–H and O–H groups in total. The molecule has 0 bridgehead atoms. The maximum absolute atomic E-state index is 13.4. The van der Waals surface area contributed by atoms with Crippen molar-refractivity contribution >= 4 is 22.4 Å². The van der Waals surface area contributed by atoms with Gasteiger partial charge in [-0.2, -0.15) is 0 Å². The molecular formula is C22H21FN2O. The van der Waals surface area contributed by atoms with E-state index in [1.807, 2.05) is 48.4 Å². The average Bonchev–Trinajstić information content (AvgIpc) is 3.06. The van der Waals surface area contributed by atoms with Crippen molar-refractivity contribution in [3.05, 3.63) is 77.2 Å². The molecule has 0 aliphatic carbocycles. The monoisotopic (exact) mass is 348 g/mol. The predicted octanol–water partition coefficient (Wildman–Crippen LogP) is 4.47. The van der Waals surface area contributed by atoms with Crippen LogP contribution in [0.25, 0.3) is 16.5 Å². The van der Waals surface area contributed by atoms with E-state index >= 15 is 0 Å². The summed E-state index contributed by atoms with van der Waals surface area (Å²) in [6.07, 6.45) is 5.30. The van der Waals surface area contributed by atoms with Crippen LogP contribution in [0, 0.1) is 12.7 Å². The van der Waals surface area contributed by atoms with Gasteiger partial charge in [-0.15, -0.1) is 0 Å². The molecule has 1 aromatic heterocycles. The Labute approximate surface area is 152 Å². The number of halogens is 1. The largest absolute Gasteiger partial charge is 0.360 e. The minimum atomic E-state index is -0.239. The molecule has 4 heteroatoms. The Kier molecular flexibility index (Phi) is 4.33. The van der Waals surface area contributed by atoms with E-state index < -0.39 is 0 Å². The Morgan fingerprint density at radius 2 is 2.08 bits per heavy atom. The summed E-state index contributed by atoms with van der Waals surface area (Å²) in [5.74, 6) is -0.0768. The number of hydrogen-bond acceptors (Lipinski definition) is 1. The lowest BCUT2D eigenvalue weighted by Gasteiger charge is -2.27. The van der Waals surface area contributed by atoms with Crippen LogP contribution in [0.3, 0.4) is 0 Å². The minimum absolute atomic E-state index is 0.163. The van der Waals surface area contributed by atoms with Gasteiger partial charge >= 0.3 is 0 Å². The molecule has 0 atom stereocenters.